The molecule has 6 heteroatoms. The standard InChI is InChI=1S/C17H22N2O4/c1-16(2,3)23-13(20)7-6-11-8-12-14(18-9-11)19-15(21)17(4,5)10-22-12/h6-9H,10H2,1-5H3,(H,18,19,21)/b7-6+. The van der Waals surface area contributed by atoms with E-state index in [-0.39, 0.29) is 12.5 Å². The lowest BCUT2D eigenvalue weighted by Gasteiger charge is -2.18. The number of nitrogens with one attached hydrogen (secondary N) is 1. The van der Waals surface area contributed by atoms with E-state index < -0.39 is 17.0 Å². The molecular weight excluding hydrogens is 296 g/mol. The van der Waals surface area contributed by atoms with Crippen LogP contribution in [0.25, 0.3) is 6.08 Å². The Hall–Kier alpha value is -2.37. The van der Waals surface area contributed by atoms with E-state index in [2.05, 4.69) is 10.3 Å². The van der Waals surface area contributed by atoms with Gasteiger partial charge in [0.1, 0.15) is 12.2 Å². The van der Waals surface area contributed by atoms with Gasteiger partial charge < -0.3 is 14.8 Å². The van der Waals surface area contributed by atoms with Crippen LogP contribution in [0.5, 0.6) is 5.75 Å². The van der Waals surface area contributed by atoms with Crippen LogP contribution in [-0.4, -0.2) is 29.1 Å². The minimum atomic E-state index is -0.632. The lowest BCUT2D eigenvalue weighted by Crippen LogP contribution is -2.33. The van der Waals surface area contributed by atoms with Crippen LogP contribution in [0.2, 0.25) is 0 Å². The highest BCUT2D eigenvalue weighted by Gasteiger charge is 2.32. The van der Waals surface area contributed by atoms with Gasteiger partial charge in [0.25, 0.3) is 0 Å². The van der Waals surface area contributed by atoms with Crippen LogP contribution in [0.3, 0.4) is 0 Å². The molecule has 2 heterocycles. The normalized spacial score (nSPS) is 17.0. The number of ether oxygens (including phenoxy) is 2. The number of hydrogen-bond acceptors (Lipinski definition) is 5. The second-order valence-corrected chi connectivity index (χ2v) is 7.11. The summed E-state index contributed by atoms with van der Waals surface area (Å²) >= 11 is 0. The molecule has 23 heavy (non-hydrogen) atoms. The third kappa shape index (κ3) is 4.55. The number of nitrogens with zero attached hydrogens (tertiary/aromatic N) is 1. The fourth-order valence-corrected chi connectivity index (χ4v) is 1.86. The van der Waals surface area contributed by atoms with Gasteiger partial charge in [-0.25, -0.2) is 9.78 Å². The minimum Gasteiger partial charge on any atom is -0.489 e. The van der Waals surface area contributed by atoms with Crippen molar-refractivity contribution < 1.29 is 19.1 Å². The average molecular weight is 318 g/mol. The van der Waals surface area contributed by atoms with Crippen LogP contribution in [0.4, 0.5) is 5.82 Å². The van der Waals surface area contributed by atoms with Gasteiger partial charge in [-0.1, -0.05) is 0 Å². The molecule has 1 aliphatic heterocycles. The van der Waals surface area contributed by atoms with Gasteiger partial charge in [-0.3, -0.25) is 4.79 Å². The summed E-state index contributed by atoms with van der Waals surface area (Å²) in [6.07, 6.45) is 4.50. The molecule has 124 valence electrons. The Bertz CT molecular complexity index is 657. The molecule has 0 aliphatic carbocycles. The van der Waals surface area contributed by atoms with Crippen molar-refractivity contribution in [3.05, 3.63) is 23.9 Å². The van der Waals surface area contributed by atoms with Gasteiger partial charge in [0, 0.05) is 12.3 Å². The van der Waals surface area contributed by atoms with Gasteiger partial charge in [0.2, 0.25) is 5.91 Å². The molecule has 1 aromatic rings. The first-order chi connectivity index (χ1) is 10.6. The first-order valence-corrected chi connectivity index (χ1v) is 7.42. The van der Waals surface area contributed by atoms with Crippen LogP contribution in [0.1, 0.15) is 40.2 Å². The molecular formula is C17H22N2O4. The summed E-state index contributed by atoms with van der Waals surface area (Å²) < 4.78 is 10.9. The van der Waals surface area contributed by atoms with Crippen molar-refractivity contribution in [1.82, 2.24) is 4.98 Å². The first kappa shape index (κ1) is 17.0. The topological polar surface area (TPSA) is 77.5 Å². The van der Waals surface area contributed by atoms with Gasteiger partial charge in [-0.05, 0) is 52.3 Å². The Morgan fingerprint density at radius 2 is 2.13 bits per heavy atom. The molecule has 0 saturated carbocycles. The molecule has 1 aliphatic rings. The number of fused-ring (bicyclic) bond motifs is 1. The summed E-state index contributed by atoms with van der Waals surface area (Å²) in [7, 11) is 0. The third-order valence-corrected chi connectivity index (χ3v) is 3.13. The zero-order valence-electron chi connectivity index (χ0n) is 14.1. The monoisotopic (exact) mass is 318 g/mol. The van der Waals surface area contributed by atoms with Crippen molar-refractivity contribution in [3.63, 3.8) is 0 Å². The average Bonchev–Trinajstić information content (AvgIpc) is 2.52. The van der Waals surface area contributed by atoms with Crippen molar-refractivity contribution >= 4 is 23.8 Å². The quantitative estimate of drug-likeness (QED) is 0.670. The zero-order valence-corrected chi connectivity index (χ0v) is 14.1. The Morgan fingerprint density at radius 3 is 2.78 bits per heavy atom. The number of carbonyl (C=O) groups is 2. The third-order valence-electron chi connectivity index (χ3n) is 3.13. The van der Waals surface area contributed by atoms with Gasteiger partial charge in [0.05, 0.1) is 5.41 Å². The summed E-state index contributed by atoms with van der Waals surface area (Å²) in [6, 6.07) is 1.73. The number of pyridine rings is 1. The summed E-state index contributed by atoms with van der Waals surface area (Å²) in [4.78, 5) is 27.9. The molecule has 0 spiro atoms. The number of anilines is 1. The largest absolute Gasteiger partial charge is 0.489 e. The molecule has 0 bridgehead atoms. The Labute approximate surface area is 135 Å². The van der Waals surface area contributed by atoms with E-state index in [1.807, 2.05) is 0 Å². The molecule has 1 aromatic heterocycles. The molecule has 0 saturated heterocycles. The maximum atomic E-state index is 12.0. The van der Waals surface area contributed by atoms with Crippen molar-refractivity contribution in [1.29, 1.82) is 0 Å². The number of hydrogen-bond donors (Lipinski definition) is 1. The van der Waals surface area contributed by atoms with E-state index >= 15 is 0 Å². The lowest BCUT2D eigenvalue weighted by atomic mass is 9.94. The van der Waals surface area contributed by atoms with Crippen LogP contribution in [0, 0.1) is 5.41 Å². The van der Waals surface area contributed by atoms with Crippen molar-refractivity contribution in [2.75, 3.05) is 11.9 Å². The molecule has 1 N–H and O–H groups in total. The lowest BCUT2D eigenvalue weighted by molar-refractivity contribution is -0.148. The number of esters is 1. The van der Waals surface area contributed by atoms with E-state index in [9.17, 15) is 9.59 Å². The zero-order chi connectivity index (χ0) is 17.3. The highest BCUT2D eigenvalue weighted by atomic mass is 16.6. The summed E-state index contributed by atoms with van der Waals surface area (Å²) in [5, 5.41) is 2.75. The predicted molar refractivity (Wildman–Crippen MR) is 87.0 cm³/mol. The van der Waals surface area contributed by atoms with Gasteiger partial charge in [0.15, 0.2) is 11.6 Å². The van der Waals surface area contributed by atoms with E-state index in [1.165, 1.54) is 6.08 Å². The van der Waals surface area contributed by atoms with E-state index in [4.69, 9.17) is 9.47 Å². The number of carbonyl (C=O) groups excluding carboxylic acids is 2. The summed E-state index contributed by atoms with van der Waals surface area (Å²) in [5.41, 5.74) is -0.483. The Balaban J connectivity index is 2.15. The van der Waals surface area contributed by atoms with Crippen molar-refractivity contribution in [2.24, 2.45) is 5.41 Å². The molecule has 0 unspecified atom stereocenters. The molecule has 0 radical (unpaired) electrons. The maximum absolute atomic E-state index is 12.0. The molecule has 0 aromatic carbocycles. The molecule has 1 amide bonds. The SMILES string of the molecule is CC(C)(C)OC(=O)/C=C/c1cnc2c(c1)OCC(C)(C)C(=O)N2. The number of aromatic nitrogens is 1. The molecule has 2 rings (SSSR count). The molecule has 6 nitrogen and oxygen atoms in total. The fraction of sp³-hybridized carbons (Fsp3) is 0.471. The van der Waals surface area contributed by atoms with Crippen LogP contribution in [0.15, 0.2) is 18.3 Å². The fourth-order valence-electron chi connectivity index (χ4n) is 1.86. The molecule has 0 atom stereocenters. The Kier molecular flexibility index (Phi) is 4.45. The van der Waals surface area contributed by atoms with Gasteiger partial charge >= 0.3 is 5.97 Å². The second-order valence-electron chi connectivity index (χ2n) is 7.11. The predicted octanol–water partition coefficient (Wildman–Crippen LogP) is 2.79. The smallest absolute Gasteiger partial charge is 0.331 e. The van der Waals surface area contributed by atoms with E-state index in [0.717, 1.165) is 0 Å². The van der Waals surface area contributed by atoms with E-state index in [0.29, 0.717) is 17.1 Å². The summed E-state index contributed by atoms with van der Waals surface area (Å²) in [5.74, 6) is 0.300. The number of amides is 1. The van der Waals surface area contributed by atoms with Crippen LogP contribution in [-0.2, 0) is 14.3 Å². The van der Waals surface area contributed by atoms with Crippen LogP contribution < -0.4 is 10.1 Å². The highest BCUT2D eigenvalue weighted by molar-refractivity contribution is 5.96. The van der Waals surface area contributed by atoms with Crippen molar-refractivity contribution in [3.8, 4) is 5.75 Å². The number of rotatable bonds is 2. The minimum absolute atomic E-state index is 0.138. The highest BCUT2D eigenvalue weighted by Crippen LogP contribution is 2.31. The maximum Gasteiger partial charge on any atom is 0.331 e. The summed E-state index contributed by atoms with van der Waals surface area (Å²) in [6.45, 7) is 9.28. The second kappa shape index (κ2) is 6.02. The van der Waals surface area contributed by atoms with E-state index in [1.54, 1.807) is 53.0 Å². The van der Waals surface area contributed by atoms with Gasteiger partial charge in [-0.2, -0.15) is 0 Å². The molecule has 0 fully saturated rings. The van der Waals surface area contributed by atoms with Crippen molar-refractivity contribution in [2.45, 2.75) is 40.2 Å². The van der Waals surface area contributed by atoms with Gasteiger partial charge in [-0.15, -0.1) is 0 Å². The Morgan fingerprint density at radius 1 is 1.43 bits per heavy atom. The van der Waals surface area contributed by atoms with Crippen LogP contribution >= 0.6 is 0 Å². The first-order valence-electron chi connectivity index (χ1n) is 7.42.